The van der Waals surface area contributed by atoms with Crippen LogP contribution in [0.15, 0.2) is 30.3 Å². The third-order valence-electron chi connectivity index (χ3n) is 3.34. The molecule has 3 rings (SSSR count). The molecule has 2 heterocycles. The van der Waals surface area contributed by atoms with E-state index in [0.717, 1.165) is 18.1 Å². The lowest BCUT2D eigenvalue weighted by molar-refractivity contribution is -0.120. The van der Waals surface area contributed by atoms with Crippen LogP contribution in [-0.4, -0.2) is 40.9 Å². The number of urea groups is 1. The van der Waals surface area contributed by atoms with Crippen molar-refractivity contribution in [2.75, 3.05) is 23.0 Å². The molecule has 0 aromatic heterocycles. The van der Waals surface area contributed by atoms with Crippen molar-refractivity contribution >= 4 is 29.4 Å². The average Bonchev–Trinajstić information content (AvgIpc) is 2.40. The largest absolute Gasteiger partial charge is 0.331 e. The molecule has 0 aliphatic carbocycles. The number of carbonyl (C=O) groups excluding carboxylic acids is 2. The monoisotopic (exact) mass is 262 g/mol. The van der Waals surface area contributed by atoms with Crippen molar-refractivity contribution in [2.24, 2.45) is 0 Å². The Morgan fingerprint density at radius 1 is 1.17 bits per heavy atom. The van der Waals surface area contributed by atoms with Crippen LogP contribution in [0.25, 0.3) is 0 Å². The van der Waals surface area contributed by atoms with Gasteiger partial charge in [-0.1, -0.05) is 18.2 Å². The van der Waals surface area contributed by atoms with Crippen molar-refractivity contribution in [3.63, 3.8) is 0 Å². The number of benzene rings is 1. The summed E-state index contributed by atoms with van der Waals surface area (Å²) in [6.45, 7) is 0.741. The van der Waals surface area contributed by atoms with Crippen LogP contribution in [0.4, 0.5) is 10.5 Å². The summed E-state index contributed by atoms with van der Waals surface area (Å²) in [6.07, 6.45) is 0.438. The van der Waals surface area contributed by atoms with Crippen LogP contribution in [0.5, 0.6) is 0 Å². The zero-order valence-electron chi connectivity index (χ0n) is 9.91. The molecular formula is C13H14N2O2S. The van der Waals surface area contributed by atoms with Crippen LogP contribution >= 0.6 is 11.8 Å². The average molecular weight is 262 g/mol. The maximum absolute atomic E-state index is 12.4. The first-order valence-corrected chi connectivity index (χ1v) is 7.19. The molecule has 1 atom stereocenters. The quantitative estimate of drug-likeness (QED) is 0.777. The second kappa shape index (κ2) is 4.65. The summed E-state index contributed by atoms with van der Waals surface area (Å²) in [5.41, 5.74) is 0.671. The van der Waals surface area contributed by atoms with E-state index in [1.54, 1.807) is 12.1 Å². The minimum Gasteiger partial charge on any atom is -0.319 e. The minimum absolute atomic E-state index is 0.0868. The Kier molecular flexibility index (Phi) is 2.99. The summed E-state index contributed by atoms with van der Waals surface area (Å²) in [7, 11) is 0. The molecule has 2 saturated heterocycles. The van der Waals surface area contributed by atoms with E-state index in [4.69, 9.17) is 0 Å². The van der Waals surface area contributed by atoms with Crippen molar-refractivity contribution in [3.8, 4) is 0 Å². The highest BCUT2D eigenvalue weighted by Crippen LogP contribution is 2.28. The van der Waals surface area contributed by atoms with Crippen LogP contribution < -0.4 is 4.90 Å². The molecule has 94 valence electrons. The van der Waals surface area contributed by atoms with Gasteiger partial charge in [0.2, 0.25) is 5.91 Å². The normalized spacial score (nSPS) is 24.1. The summed E-state index contributed by atoms with van der Waals surface area (Å²) in [5.74, 6) is 1.74. The van der Waals surface area contributed by atoms with Gasteiger partial charge in [-0.2, -0.15) is 11.8 Å². The Bertz CT molecular complexity index is 477. The molecule has 0 saturated carbocycles. The van der Waals surface area contributed by atoms with Crippen molar-refractivity contribution < 1.29 is 9.59 Å². The number of anilines is 1. The highest BCUT2D eigenvalue weighted by atomic mass is 32.2. The van der Waals surface area contributed by atoms with E-state index < -0.39 is 0 Å². The molecule has 2 aliphatic heterocycles. The van der Waals surface area contributed by atoms with Crippen molar-refractivity contribution in [1.82, 2.24) is 4.90 Å². The Hall–Kier alpha value is -1.49. The van der Waals surface area contributed by atoms with Crippen molar-refractivity contribution in [2.45, 2.75) is 12.5 Å². The van der Waals surface area contributed by atoms with Gasteiger partial charge in [0, 0.05) is 24.5 Å². The maximum Gasteiger partial charge on any atom is 0.331 e. The van der Waals surface area contributed by atoms with Gasteiger partial charge < -0.3 is 4.90 Å². The fourth-order valence-corrected chi connectivity index (χ4v) is 3.50. The van der Waals surface area contributed by atoms with Gasteiger partial charge in [0.25, 0.3) is 0 Å². The molecule has 0 spiro atoms. The van der Waals surface area contributed by atoms with Crippen LogP contribution in [0.1, 0.15) is 6.42 Å². The molecule has 1 unspecified atom stereocenters. The lowest BCUT2D eigenvalue weighted by atomic mass is 10.1. The number of imide groups is 1. The number of carbonyl (C=O) groups is 2. The predicted molar refractivity (Wildman–Crippen MR) is 71.8 cm³/mol. The SMILES string of the molecule is O=C1CC2CSCCN2C(=O)N1c1ccccc1. The summed E-state index contributed by atoms with van der Waals surface area (Å²) in [4.78, 5) is 27.7. The van der Waals surface area contributed by atoms with Gasteiger partial charge >= 0.3 is 6.03 Å². The summed E-state index contributed by atoms with van der Waals surface area (Å²) >= 11 is 1.82. The Balaban J connectivity index is 1.91. The number of nitrogens with zero attached hydrogens (tertiary/aromatic N) is 2. The predicted octanol–water partition coefficient (Wildman–Crippen LogP) is 1.96. The standard InChI is InChI=1S/C13H14N2O2S/c16-12-8-11-9-18-7-6-14(11)13(17)15(12)10-4-2-1-3-5-10/h1-5,11H,6-9H2. The van der Waals surface area contributed by atoms with Gasteiger partial charge in [-0.15, -0.1) is 0 Å². The number of rotatable bonds is 1. The van der Waals surface area contributed by atoms with Gasteiger partial charge in [0.05, 0.1) is 11.7 Å². The van der Waals surface area contributed by atoms with Crippen LogP contribution in [-0.2, 0) is 4.79 Å². The molecular weight excluding hydrogens is 248 g/mol. The van der Waals surface area contributed by atoms with E-state index in [1.807, 2.05) is 34.9 Å². The molecule has 2 aliphatic rings. The van der Waals surface area contributed by atoms with Gasteiger partial charge in [-0.05, 0) is 12.1 Å². The Labute approximate surface area is 110 Å². The van der Waals surface area contributed by atoms with Crippen molar-refractivity contribution in [1.29, 1.82) is 0 Å². The van der Waals surface area contributed by atoms with E-state index >= 15 is 0 Å². The number of hydrogen-bond donors (Lipinski definition) is 0. The third-order valence-corrected chi connectivity index (χ3v) is 4.43. The summed E-state index contributed by atoms with van der Waals surface area (Å²) < 4.78 is 0. The number of fused-ring (bicyclic) bond motifs is 1. The van der Waals surface area contributed by atoms with Gasteiger partial charge in [0.1, 0.15) is 0 Å². The molecule has 4 nitrogen and oxygen atoms in total. The number of thioether (sulfide) groups is 1. The molecule has 1 aromatic carbocycles. The van der Waals surface area contributed by atoms with E-state index in [2.05, 4.69) is 0 Å². The van der Waals surface area contributed by atoms with Gasteiger partial charge in [0.15, 0.2) is 0 Å². The number of amides is 3. The fraction of sp³-hybridized carbons (Fsp3) is 0.385. The summed E-state index contributed by atoms with van der Waals surface area (Å²) in [5, 5.41) is 0. The minimum atomic E-state index is -0.164. The van der Waals surface area contributed by atoms with Crippen LogP contribution in [0.3, 0.4) is 0 Å². The lowest BCUT2D eigenvalue weighted by Gasteiger charge is -2.42. The second-order valence-electron chi connectivity index (χ2n) is 4.47. The summed E-state index contributed by atoms with van der Waals surface area (Å²) in [6, 6.07) is 9.08. The van der Waals surface area contributed by atoms with Gasteiger partial charge in [-0.25, -0.2) is 9.69 Å². The number of para-hydroxylation sites is 1. The van der Waals surface area contributed by atoms with Crippen molar-refractivity contribution in [3.05, 3.63) is 30.3 Å². The second-order valence-corrected chi connectivity index (χ2v) is 5.62. The smallest absolute Gasteiger partial charge is 0.319 e. The maximum atomic E-state index is 12.4. The van der Waals surface area contributed by atoms with E-state index in [9.17, 15) is 9.59 Å². The zero-order valence-corrected chi connectivity index (χ0v) is 10.7. The highest BCUT2D eigenvalue weighted by molar-refractivity contribution is 7.99. The molecule has 1 aromatic rings. The zero-order chi connectivity index (χ0) is 12.5. The Morgan fingerprint density at radius 3 is 2.72 bits per heavy atom. The molecule has 2 fully saturated rings. The topological polar surface area (TPSA) is 40.6 Å². The third kappa shape index (κ3) is 1.88. The fourth-order valence-electron chi connectivity index (χ4n) is 2.44. The van der Waals surface area contributed by atoms with E-state index in [-0.39, 0.29) is 18.0 Å². The van der Waals surface area contributed by atoms with Gasteiger partial charge in [-0.3, -0.25) is 4.79 Å². The van der Waals surface area contributed by atoms with E-state index in [1.165, 1.54) is 4.90 Å². The highest BCUT2D eigenvalue weighted by Gasteiger charge is 2.40. The first-order chi connectivity index (χ1) is 8.77. The first kappa shape index (κ1) is 11.6. The molecule has 0 bridgehead atoms. The molecule has 18 heavy (non-hydrogen) atoms. The Morgan fingerprint density at radius 2 is 1.94 bits per heavy atom. The molecule has 0 radical (unpaired) electrons. The van der Waals surface area contributed by atoms with Crippen LogP contribution in [0, 0.1) is 0 Å². The molecule has 3 amide bonds. The first-order valence-electron chi connectivity index (χ1n) is 6.04. The molecule has 5 heteroatoms. The lowest BCUT2D eigenvalue weighted by Crippen LogP contribution is -2.59. The van der Waals surface area contributed by atoms with Crippen LogP contribution in [0.2, 0.25) is 0 Å². The van der Waals surface area contributed by atoms with E-state index in [0.29, 0.717) is 12.1 Å². The molecule has 0 N–H and O–H groups in total. The number of hydrogen-bond acceptors (Lipinski definition) is 3.